The fourth-order valence-corrected chi connectivity index (χ4v) is 2.40. The number of ether oxygens (including phenoxy) is 3. The molecule has 0 bridgehead atoms. The number of fused-ring (bicyclic) bond motifs is 1. The molecule has 6 heteroatoms. The van der Waals surface area contributed by atoms with Gasteiger partial charge in [-0.05, 0) is 18.2 Å². The molecule has 0 spiro atoms. The van der Waals surface area contributed by atoms with Crippen LogP contribution >= 0.6 is 0 Å². The largest absolute Gasteiger partial charge is 0.464 e. The molecule has 0 saturated carbocycles. The lowest BCUT2D eigenvalue weighted by Gasteiger charge is -2.17. The average Bonchev–Trinajstić information content (AvgIpc) is 3.18. The van der Waals surface area contributed by atoms with E-state index in [0.29, 0.717) is 36.1 Å². The predicted molar refractivity (Wildman–Crippen MR) is 69.0 cm³/mol. The molecule has 102 valence electrons. The molecule has 0 atom stereocenters. The summed E-state index contributed by atoms with van der Waals surface area (Å²) in [6, 6.07) is 7.24. The number of anilines is 1. The fourth-order valence-electron chi connectivity index (χ4n) is 2.40. The third-order valence-electron chi connectivity index (χ3n) is 3.33. The molecule has 4 rings (SSSR count). The zero-order valence-electron chi connectivity index (χ0n) is 10.5. The van der Waals surface area contributed by atoms with Crippen LogP contribution in [0, 0.1) is 0 Å². The number of hydrogen-bond donors (Lipinski definition) is 0. The van der Waals surface area contributed by atoms with Crippen molar-refractivity contribution in [2.75, 3.05) is 24.8 Å². The molecule has 1 saturated heterocycles. The van der Waals surface area contributed by atoms with Gasteiger partial charge in [0.15, 0.2) is 11.5 Å². The number of hydrogen-bond acceptors (Lipinski definition) is 5. The molecule has 0 radical (unpaired) electrons. The Labute approximate surface area is 114 Å². The van der Waals surface area contributed by atoms with E-state index in [1.54, 1.807) is 23.3 Å². The van der Waals surface area contributed by atoms with Crippen LogP contribution in [-0.4, -0.2) is 26.0 Å². The van der Waals surface area contributed by atoms with Gasteiger partial charge >= 0.3 is 6.09 Å². The van der Waals surface area contributed by atoms with E-state index in [9.17, 15) is 4.79 Å². The van der Waals surface area contributed by atoms with Crippen molar-refractivity contribution in [3.05, 3.63) is 30.5 Å². The van der Waals surface area contributed by atoms with Crippen LogP contribution in [0.15, 0.2) is 34.9 Å². The van der Waals surface area contributed by atoms with Gasteiger partial charge in [-0.3, -0.25) is 4.90 Å². The Bertz CT molecular complexity index is 664. The molecule has 3 heterocycles. The quantitative estimate of drug-likeness (QED) is 0.841. The summed E-state index contributed by atoms with van der Waals surface area (Å²) >= 11 is 0. The van der Waals surface area contributed by atoms with Gasteiger partial charge in [-0.2, -0.15) is 0 Å². The molecule has 1 aromatic heterocycles. The molecule has 0 N–H and O–H groups in total. The molecule has 0 aliphatic carbocycles. The van der Waals surface area contributed by atoms with Gasteiger partial charge in [0, 0.05) is 11.6 Å². The van der Waals surface area contributed by atoms with Crippen LogP contribution in [0.25, 0.3) is 11.3 Å². The van der Waals surface area contributed by atoms with Crippen LogP contribution in [0.4, 0.5) is 10.5 Å². The number of rotatable bonds is 2. The lowest BCUT2D eigenvalue weighted by Crippen LogP contribution is -2.23. The number of cyclic esters (lactones) is 1. The van der Waals surface area contributed by atoms with Crippen molar-refractivity contribution >= 4 is 11.8 Å². The summed E-state index contributed by atoms with van der Waals surface area (Å²) in [6.45, 7) is 1.07. The van der Waals surface area contributed by atoms with Crippen LogP contribution in [0.1, 0.15) is 0 Å². The summed E-state index contributed by atoms with van der Waals surface area (Å²) in [6.07, 6.45) is 1.23. The summed E-state index contributed by atoms with van der Waals surface area (Å²) < 4.78 is 21.2. The zero-order valence-corrected chi connectivity index (χ0v) is 10.5. The van der Waals surface area contributed by atoms with Crippen LogP contribution < -0.4 is 14.4 Å². The number of amides is 1. The minimum Gasteiger partial charge on any atom is -0.464 e. The Morgan fingerprint density at radius 3 is 2.65 bits per heavy atom. The molecule has 2 aromatic rings. The van der Waals surface area contributed by atoms with E-state index in [0.717, 1.165) is 5.56 Å². The van der Waals surface area contributed by atoms with Crippen LogP contribution in [0.3, 0.4) is 0 Å². The van der Waals surface area contributed by atoms with E-state index in [2.05, 4.69) is 0 Å². The second-order valence-corrected chi connectivity index (χ2v) is 4.47. The highest BCUT2D eigenvalue weighted by Gasteiger charge is 2.29. The van der Waals surface area contributed by atoms with E-state index >= 15 is 0 Å². The highest BCUT2D eigenvalue weighted by Crippen LogP contribution is 2.43. The van der Waals surface area contributed by atoms with E-state index in [1.807, 2.05) is 12.1 Å². The van der Waals surface area contributed by atoms with Gasteiger partial charge in [-0.25, -0.2) is 4.79 Å². The number of carbonyl (C=O) groups excluding carboxylic acids is 1. The van der Waals surface area contributed by atoms with Crippen LogP contribution in [-0.2, 0) is 4.74 Å². The smallest absolute Gasteiger partial charge is 0.414 e. The van der Waals surface area contributed by atoms with E-state index < -0.39 is 0 Å². The van der Waals surface area contributed by atoms with Crippen molar-refractivity contribution < 1.29 is 23.4 Å². The molecule has 20 heavy (non-hydrogen) atoms. The minimum absolute atomic E-state index is 0.181. The normalized spacial score (nSPS) is 16.6. The first kappa shape index (κ1) is 11.2. The maximum atomic E-state index is 11.8. The molecule has 1 amide bonds. The van der Waals surface area contributed by atoms with Gasteiger partial charge < -0.3 is 18.6 Å². The Kier molecular flexibility index (Phi) is 2.35. The first-order valence-electron chi connectivity index (χ1n) is 6.25. The molecule has 0 unspecified atom stereocenters. The monoisotopic (exact) mass is 273 g/mol. The van der Waals surface area contributed by atoms with Crippen molar-refractivity contribution in [2.45, 2.75) is 0 Å². The van der Waals surface area contributed by atoms with Crippen molar-refractivity contribution in [3.8, 4) is 22.8 Å². The van der Waals surface area contributed by atoms with Crippen LogP contribution in [0.5, 0.6) is 11.5 Å². The Morgan fingerprint density at radius 1 is 1.10 bits per heavy atom. The average molecular weight is 273 g/mol. The Balaban J connectivity index is 1.89. The summed E-state index contributed by atoms with van der Waals surface area (Å²) in [7, 11) is 0. The van der Waals surface area contributed by atoms with E-state index in [-0.39, 0.29) is 12.9 Å². The van der Waals surface area contributed by atoms with E-state index in [4.69, 9.17) is 18.6 Å². The van der Waals surface area contributed by atoms with Gasteiger partial charge in [0.1, 0.15) is 12.4 Å². The van der Waals surface area contributed by atoms with Gasteiger partial charge in [-0.15, -0.1) is 0 Å². The van der Waals surface area contributed by atoms with Crippen molar-refractivity contribution in [1.29, 1.82) is 0 Å². The maximum absolute atomic E-state index is 11.8. The first-order valence-corrected chi connectivity index (χ1v) is 6.25. The lowest BCUT2D eigenvalue weighted by atomic mass is 10.1. The maximum Gasteiger partial charge on any atom is 0.414 e. The number of furan rings is 1. The van der Waals surface area contributed by atoms with E-state index in [1.165, 1.54) is 0 Å². The predicted octanol–water partition coefficient (Wildman–Crippen LogP) is 2.63. The second-order valence-electron chi connectivity index (χ2n) is 4.47. The molecular formula is C14H11NO5. The van der Waals surface area contributed by atoms with Gasteiger partial charge in [0.25, 0.3) is 0 Å². The molecule has 1 aromatic carbocycles. The lowest BCUT2D eigenvalue weighted by molar-refractivity contribution is 0.174. The fraction of sp³-hybridized carbons (Fsp3) is 0.214. The minimum atomic E-state index is -0.364. The molecule has 2 aliphatic heterocycles. The standard InChI is InChI=1S/C14H11NO5/c16-14-15(3-5-18-14)10-7-13-12(19-8-20-13)6-9(10)11-2-1-4-17-11/h1-2,4,6-7H,3,5,8H2. The third kappa shape index (κ3) is 1.61. The highest BCUT2D eigenvalue weighted by atomic mass is 16.7. The SMILES string of the molecule is O=C1OCCN1c1cc2c(cc1-c1ccco1)OCO2. The number of benzene rings is 1. The zero-order chi connectivity index (χ0) is 13.5. The van der Waals surface area contributed by atoms with Gasteiger partial charge in [0.05, 0.1) is 18.5 Å². The molecule has 6 nitrogen and oxygen atoms in total. The molecular weight excluding hydrogens is 262 g/mol. The van der Waals surface area contributed by atoms with Crippen molar-refractivity contribution in [1.82, 2.24) is 0 Å². The first-order chi connectivity index (χ1) is 9.83. The van der Waals surface area contributed by atoms with Gasteiger partial charge in [0.2, 0.25) is 6.79 Å². The molecule has 1 fully saturated rings. The van der Waals surface area contributed by atoms with Crippen molar-refractivity contribution in [3.63, 3.8) is 0 Å². The summed E-state index contributed by atoms with van der Waals surface area (Å²) in [5.41, 5.74) is 1.48. The van der Waals surface area contributed by atoms with Crippen molar-refractivity contribution in [2.24, 2.45) is 0 Å². The number of nitrogens with zero attached hydrogens (tertiary/aromatic N) is 1. The number of carbonyl (C=O) groups is 1. The Hall–Kier alpha value is -2.63. The Morgan fingerprint density at radius 2 is 1.95 bits per heavy atom. The summed E-state index contributed by atoms with van der Waals surface area (Å²) in [5, 5.41) is 0. The topological polar surface area (TPSA) is 61.1 Å². The summed E-state index contributed by atoms with van der Waals surface area (Å²) in [4.78, 5) is 13.4. The van der Waals surface area contributed by atoms with Gasteiger partial charge in [-0.1, -0.05) is 0 Å². The summed E-state index contributed by atoms with van der Waals surface area (Å²) in [5.74, 6) is 1.93. The van der Waals surface area contributed by atoms with Crippen LogP contribution in [0.2, 0.25) is 0 Å². The molecule has 2 aliphatic rings. The highest BCUT2D eigenvalue weighted by molar-refractivity contribution is 5.95. The second kappa shape index (κ2) is 4.19. The third-order valence-corrected chi connectivity index (χ3v) is 3.33.